The lowest BCUT2D eigenvalue weighted by atomic mass is 10.1. The number of carbonyl (C=O) groups excluding carboxylic acids is 3. The number of rotatable bonds is 8. The summed E-state index contributed by atoms with van der Waals surface area (Å²) >= 11 is 0. The quantitative estimate of drug-likeness (QED) is 0.688. The Morgan fingerprint density at radius 3 is 2.50 bits per heavy atom. The summed E-state index contributed by atoms with van der Waals surface area (Å²) in [5.74, 6) is 0.209. The Balaban J connectivity index is 1.47. The number of urea groups is 1. The molecule has 1 saturated heterocycles. The average Bonchev–Trinajstić information content (AvgIpc) is 2.99. The predicted octanol–water partition coefficient (Wildman–Crippen LogP) is 2.58. The standard InChI is InChI=1S/C21H23N3O4/c1-28-17-9-7-16(8-10-17)22-19(25)12-11-18-20(26)24(21(27)23-18)14-13-15-5-3-2-4-6-15/h2-10,18H,11-14H2,1H3,(H,22,25)(H,23,27)/t18-/m1/s1. The average molecular weight is 381 g/mol. The van der Waals surface area contributed by atoms with Crippen molar-refractivity contribution >= 4 is 23.5 Å². The molecule has 1 aliphatic heterocycles. The molecule has 4 amide bonds. The maximum atomic E-state index is 12.5. The van der Waals surface area contributed by atoms with Gasteiger partial charge in [-0.3, -0.25) is 14.5 Å². The molecular weight excluding hydrogens is 358 g/mol. The predicted molar refractivity (Wildman–Crippen MR) is 105 cm³/mol. The van der Waals surface area contributed by atoms with Crippen molar-refractivity contribution in [3.8, 4) is 5.75 Å². The molecule has 0 aromatic heterocycles. The van der Waals surface area contributed by atoms with Crippen molar-refractivity contribution in [3.63, 3.8) is 0 Å². The first-order valence-electron chi connectivity index (χ1n) is 9.16. The van der Waals surface area contributed by atoms with E-state index in [0.717, 1.165) is 5.56 Å². The lowest BCUT2D eigenvalue weighted by Gasteiger charge is -2.13. The summed E-state index contributed by atoms with van der Waals surface area (Å²) in [7, 11) is 1.57. The van der Waals surface area contributed by atoms with E-state index in [9.17, 15) is 14.4 Å². The summed E-state index contributed by atoms with van der Waals surface area (Å²) in [6.45, 7) is 0.323. The van der Waals surface area contributed by atoms with Gasteiger partial charge >= 0.3 is 6.03 Å². The van der Waals surface area contributed by atoms with Crippen LogP contribution >= 0.6 is 0 Å². The number of nitrogens with zero attached hydrogens (tertiary/aromatic N) is 1. The van der Waals surface area contributed by atoms with Crippen molar-refractivity contribution < 1.29 is 19.1 Å². The van der Waals surface area contributed by atoms with E-state index in [1.54, 1.807) is 31.4 Å². The Morgan fingerprint density at radius 1 is 1.11 bits per heavy atom. The van der Waals surface area contributed by atoms with E-state index in [1.807, 2.05) is 30.3 Å². The number of imide groups is 1. The molecular formula is C21H23N3O4. The normalized spacial score (nSPS) is 16.0. The number of amides is 4. The summed E-state index contributed by atoms with van der Waals surface area (Å²) in [6.07, 6.45) is 0.994. The van der Waals surface area contributed by atoms with Crippen LogP contribution in [0.3, 0.4) is 0 Å². The second-order valence-corrected chi connectivity index (χ2v) is 6.54. The first-order valence-corrected chi connectivity index (χ1v) is 9.16. The molecule has 7 nitrogen and oxygen atoms in total. The van der Waals surface area contributed by atoms with Gasteiger partial charge in [-0.25, -0.2) is 4.79 Å². The highest BCUT2D eigenvalue weighted by Crippen LogP contribution is 2.16. The van der Waals surface area contributed by atoms with E-state index in [4.69, 9.17) is 4.74 Å². The van der Waals surface area contributed by atoms with Crippen molar-refractivity contribution in [1.82, 2.24) is 10.2 Å². The third-order valence-corrected chi connectivity index (χ3v) is 4.61. The third kappa shape index (κ3) is 4.88. The van der Waals surface area contributed by atoms with Gasteiger partial charge in [0.1, 0.15) is 11.8 Å². The molecule has 0 unspecified atom stereocenters. The second kappa shape index (κ2) is 9.03. The molecule has 3 rings (SSSR count). The molecule has 1 heterocycles. The zero-order valence-electron chi connectivity index (χ0n) is 15.7. The van der Waals surface area contributed by atoms with Gasteiger partial charge in [0.2, 0.25) is 5.91 Å². The van der Waals surface area contributed by atoms with Crippen LogP contribution in [0.25, 0.3) is 0 Å². The van der Waals surface area contributed by atoms with Crippen molar-refractivity contribution in [2.24, 2.45) is 0 Å². The van der Waals surface area contributed by atoms with Crippen molar-refractivity contribution in [2.45, 2.75) is 25.3 Å². The highest BCUT2D eigenvalue weighted by molar-refractivity contribution is 6.04. The van der Waals surface area contributed by atoms with Gasteiger partial charge in [-0.05, 0) is 42.7 Å². The van der Waals surface area contributed by atoms with Gasteiger partial charge in [-0.2, -0.15) is 0 Å². The molecule has 1 atom stereocenters. The highest BCUT2D eigenvalue weighted by Gasteiger charge is 2.37. The lowest BCUT2D eigenvalue weighted by Crippen LogP contribution is -2.33. The molecule has 7 heteroatoms. The summed E-state index contributed by atoms with van der Waals surface area (Å²) in [4.78, 5) is 37.9. The van der Waals surface area contributed by atoms with Gasteiger partial charge in [0.05, 0.1) is 7.11 Å². The Hall–Kier alpha value is -3.35. The Bertz CT molecular complexity index is 836. The van der Waals surface area contributed by atoms with Crippen molar-refractivity contribution in [2.75, 3.05) is 19.0 Å². The SMILES string of the molecule is COc1ccc(NC(=O)CC[C@H]2NC(=O)N(CCc3ccccc3)C2=O)cc1. The van der Waals surface area contributed by atoms with Crippen LogP contribution in [0.15, 0.2) is 54.6 Å². The molecule has 0 spiro atoms. The van der Waals surface area contributed by atoms with Gasteiger partial charge in [-0.15, -0.1) is 0 Å². The number of hydrogen-bond donors (Lipinski definition) is 2. The van der Waals surface area contributed by atoms with Crippen LogP contribution in [0.4, 0.5) is 10.5 Å². The molecule has 2 aromatic carbocycles. The number of ether oxygens (including phenoxy) is 1. The smallest absolute Gasteiger partial charge is 0.324 e. The Morgan fingerprint density at radius 2 is 1.82 bits per heavy atom. The summed E-state index contributed by atoms with van der Waals surface area (Å²) in [6, 6.07) is 15.6. The van der Waals surface area contributed by atoms with Crippen LogP contribution in [-0.2, 0) is 16.0 Å². The number of anilines is 1. The minimum absolute atomic E-state index is 0.134. The van der Waals surface area contributed by atoms with E-state index in [-0.39, 0.29) is 24.7 Å². The number of methoxy groups -OCH3 is 1. The molecule has 0 bridgehead atoms. The lowest BCUT2D eigenvalue weighted by molar-refractivity contribution is -0.127. The van der Waals surface area contributed by atoms with Gasteiger partial charge in [0, 0.05) is 18.7 Å². The fourth-order valence-corrected chi connectivity index (χ4v) is 3.04. The Kier molecular flexibility index (Phi) is 6.26. The van der Waals surface area contributed by atoms with Gasteiger partial charge in [-0.1, -0.05) is 30.3 Å². The third-order valence-electron chi connectivity index (χ3n) is 4.61. The van der Waals surface area contributed by atoms with E-state index in [1.165, 1.54) is 4.90 Å². The minimum Gasteiger partial charge on any atom is -0.497 e. The van der Waals surface area contributed by atoms with Crippen LogP contribution in [0.1, 0.15) is 18.4 Å². The molecule has 2 N–H and O–H groups in total. The first kappa shape index (κ1) is 19.4. The zero-order valence-corrected chi connectivity index (χ0v) is 15.7. The largest absolute Gasteiger partial charge is 0.497 e. The van der Waals surface area contributed by atoms with Crippen molar-refractivity contribution in [1.29, 1.82) is 0 Å². The summed E-state index contributed by atoms with van der Waals surface area (Å²) in [5.41, 5.74) is 1.71. The molecule has 146 valence electrons. The van der Waals surface area contributed by atoms with Crippen LogP contribution in [0.5, 0.6) is 5.75 Å². The van der Waals surface area contributed by atoms with E-state index < -0.39 is 12.1 Å². The first-order chi connectivity index (χ1) is 13.6. The second-order valence-electron chi connectivity index (χ2n) is 6.54. The number of nitrogens with one attached hydrogen (secondary N) is 2. The highest BCUT2D eigenvalue weighted by atomic mass is 16.5. The van der Waals surface area contributed by atoms with Crippen LogP contribution in [0, 0.1) is 0 Å². The Labute approximate surface area is 163 Å². The molecule has 1 fully saturated rings. The monoisotopic (exact) mass is 381 g/mol. The molecule has 1 aliphatic rings. The summed E-state index contributed by atoms with van der Waals surface area (Å²) < 4.78 is 5.07. The van der Waals surface area contributed by atoms with Crippen molar-refractivity contribution in [3.05, 3.63) is 60.2 Å². The van der Waals surface area contributed by atoms with E-state index in [2.05, 4.69) is 10.6 Å². The molecule has 0 saturated carbocycles. The maximum absolute atomic E-state index is 12.5. The number of hydrogen-bond acceptors (Lipinski definition) is 4. The summed E-state index contributed by atoms with van der Waals surface area (Å²) in [5, 5.41) is 5.43. The van der Waals surface area contributed by atoms with Crippen LogP contribution in [-0.4, -0.2) is 42.4 Å². The molecule has 28 heavy (non-hydrogen) atoms. The minimum atomic E-state index is -0.662. The fraction of sp³-hybridized carbons (Fsp3) is 0.286. The maximum Gasteiger partial charge on any atom is 0.324 e. The molecule has 2 aromatic rings. The fourth-order valence-electron chi connectivity index (χ4n) is 3.04. The van der Waals surface area contributed by atoms with Crippen LogP contribution in [0.2, 0.25) is 0 Å². The number of carbonyl (C=O) groups is 3. The van der Waals surface area contributed by atoms with E-state index in [0.29, 0.717) is 24.4 Å². The van der Waals surface area contributed by atoms with Gasteiger partial charge < -0.3 is 15.4 Å². The number of benzene rings is 2. The van der Waals surface area contributed by atoms with Gasteiger partial charge in [0.15, 0.2) is 0 Å². The topological polar surface area (TPSA) is 87.7 Å². The zero-order chi connectivity index (χ0) is 19.9. The van der Waals surface area contributed by atoms with Gasteiger partial charge in [0.25, 0.3) is 5.91 Å². The molecule has 0 aliphatic carbocycles. The van der Waals surface area contributed by atoms with E-state index >= 15 is 0 Å². The van der Waals surface area contributed by atoms with Crippen LogP contribution < -0.4 is 15.4 Å². The molecule has 0 radical (unpaired) electrons.